The van der Waals surface area contributed by atoms with Crippen LogP contribution < -0.4 is 14.4 Å². The van der Waals surface area contributed by atoms with Crippen molar-refractivity contribution in [3.63, 3.8) is 0 Å². The zero-order chi connectivity index (χ0) is 28.6. The van der Waals surface area contributed by atoms with Crippen LogP contribution in [0.2, 0.25) is 0 Å². The van der Waals surface area contributed by atoms with E-state index in [9.17, 15) is 22.4 Å². The first kappa shape index (κ1) is 29.6. The molecule has 0 unspecified atom stereocenters. The Kier molecular flexibility index (Phi) is 10.1. The van der Waals surface area contributed by atoms with Gasteiger partial charge in [-0.15, -0.1) is 0 Å². The molecule has 0 saturated heterocycles. The van der Waals surface area contributed by atoms with Crippen molar-refractivity contribution >= 4 is 27.5 Å². The summed E-state index contributed by atoms with van der Waals surface area (Å²) in [5, 5.41) is 2.87. The number of nitrogens with one attached hydrogen (secondary N) is 1. The van der Waals surface area contributed by atoms with Crippen molar-refractivity contribution in [3.8, 4) is 5.75 Å². The Labute approximate surface area is 229 Å². The molecule has 3 aromatic carbocycles. The summed E-state index contributed by atoms with van der Waals surface area (Å²) in [4.78, 5) is 28.1. The minimum atomic E-state index is -4.33. The van der Waals surface area contributed by atoms with Crippen molar-refractivity contribution in [2.75, 3.05) is 18.0 Å². The van der Waals surface area contributed by atoms with Crippen LogP contribution in [-0.4, -0.2) is 50.9 Å². The molecule has 0 radical (unpaired) electrons. The van der Waals surface area contributed by atoms with E-state index in [0.717, 1.165) is 10.4 Å². The first-order valence-corrected chi connectivity index (χ1v) is 14.1. The number of methoxy groups -OCH3 is 1. The van der Waals surface area contributed by atoms with Crippen molar-refractivity contribution in [1.82, 2.24) is 10.2 Å². The molecular weight excluding hydrogens is 521 g/mol. The Balaban J connectivity index is 2.02. The van der Waals surface area contributed by atoms with Crippen molar-refractivity contribution < 1.29 is 27.1 Å². The molecule has 0 fully saturated rings. The van der Waals surface area contributed by atoms with E-state index in [1.807, 2.05) is 13.8 Å². The molecule has 8 nitrogen and oxygen atoms in total. The quantitative estimate of drug-likeness (QED) is 0.358. The number of para-hydroxylation sites is 1. The summed E-state index contributed by atoms with van der Waals surface area (Å²) >= 11 is 0. The van der Waals surface area contributed by atoms with Crippen LogP contribution in [0.5, 0.6) is 5.75 Å². The standard InChI is InChI=1S/C29H34FN3O5S/c1-5-21(2)31-29(35)22(3)32(19-23-15-17-24(38-4)18-16-23)28(34)20-33(27-14-10-9-13-26(27)30)39(36,37)25-11-7-6-8-12-25/h6-18,21-22H,5,19-20H2,1-4H3,(H,31,35)/t21-,22-/m1/s1. The zero-order valence-corrected chi connectivity index (χ0v) is 23.3. The number of sulfonamides is 1. The molecule has 10 heteroatoms. The van der Waals surface area contributed by atoms with Gasteiger partial charge in [0, 0.05) is 12.6 Å². The van der Waals surface area contributed by atoms with Gasteiger partial charge < -0.3 is 15.0 Å². The van der Waals surface area contributed by atoms with Crippen molar-refractivity contribution in [3.05, 3.63) is 90.2 Å². The number of hydrogen-bond donors (Lipinski definition) is 1. The van der Waals surface area contributed by atoms with Crippen LogP contribution in [0.15, 0.2) is 83.8 Å². The second-order valence-corrected chi connectivity index (χ2v) is 11.0. The number of rotatable bonds is 12. The summed E-state index contributed by atoms with van der Waals surface area (Å²) in [6.07, 6.45) is 0.696. The first-order valence-electron chi connectivity index (χ1n) is 12.6. The molecule has 0 spiro atoms. The van der Waals surface area contributed by atoms with E-state index in [-0.39, 0.29) is 29.1 Å². The molecule has 0 aliphatic carbocycles. The monoisotopic (exact) mass is 555 g/mol. The van der Waals surface area contributed by atoms with Gasteiger partial charge in [0.2, 0.25) is 11.8 Å². The zero-order valence-electron chi connectivity index (χ0n) is 22.5. The number of anilines is 1. The molecule has 3 aromatic rings. The minimum absolute atomic E-state index is 0.0222. The largest absolute Gasteiger partial charge is 0.497 e. The number of hydrogen-bond acceptors (Lipinski definition) is 5. The molecule has 1 N–H and O–H groups in total. The number of benzene rings is 3. The maximum atomic E-state index is 14.9. The van der Waals surface area contributed by atoms with Gasteiger partial charge in [-0.25, -0.2) is 12.8 Å². The summed E-state index contributed by atoms with van der Waals surface area (Å²) < 4.78 is 48.2. The van der Waals surface area contributed by atoms with Gasteiger partial charge in [0.05, 0.1) is 17.7 Å². The Morgan fingerprint density at radius 2 is 1.56 bits per heavy atom. The Hall–Kier alpha value is -3.92. The SMILES string of the molecule is CC[C@@H](C)NC(=O)[C@@H](C)N(Cc1ccc(OC)cc1)C(=O)CN(c1ccccc1F)S(=O)(=O)c1ccccc1. The molecule has 0 aliphatic rings. The first-order chi connectivity index (χ1) is 18.6. The van der Waals surface area contributed by atoms with Gasteiger partial charge in [-0.05, 0) is 62.2 Å². The third kappa shape index (κ3) is 7.35. The van der Waals surface area contributed by atoms with Gasteiger partial charge in [0.25, 0.3) is 10.0 Å². The van der Waals surface area contributed by atoms with Crippen LogP contribution in [0.4, 0.5) is 10.1 Å². The molecule has 3 rings (SSSR count). The van der Waals surface area contributed by atoms with Gasteiger partial charge >= 0.3 is 0 Å². The number of nitrogens with zero attached hydrogens (tertiary/aromatic N) is 2. The summed E-state index contributed by atoms with van der Waals surface area (Å²) in [6, 6.07) is 18.8. The van der Waals surface area contributed by atoms with E-state index in [2.05, 4.69) is 5.32 Å². The van der Waals surface area contributed by atoms with Gasteiger partial charge in [0.1, 0.15) is 24.2 Å². The molecule has 0 saturated carbocycles. The Bertz CT molecular complexity index is 1370. The summed E-state index contributed by atoms with van der Waals surface area (Å²) in [5.74, 6) is -1.22. The maximum absolute atomic E-state index is 14.9. The molecule has 0 bridgehead atoms. The van der Waals surface area contributed by atoms with Crippen LogP contribution >= 0.6 is 0 Å². The average Bonchev–Trinajstić information content (AvgIpc) is 2.95. The lowest BCUT2D eigenvalue weighted by molar-refractivity contribution is -0.139. The van der Waals surface area contributed by atoms with E-state index >= 15 is 0 Å². The van der Waals surface area contributed by atoms with Crippen molar-refractivity contribution in [1.29, 1.82) is 0 Å². The molecule has 0 aliphatic heterocycles. The van der Waals surface area contributed by atoms with Crippen LogP contribution in [0.25, 0.3) is 0 Å². The van der Waals surface area contributed by atoms with Crippen molar-refractivity contribution in [2.45, 2.75) is 50.7 Å². The van der Waals surface area contributed by atoms with Gasteiger partial charge in [-0.2, -0.15) is 0 Å². The fourth-order valence-electron chi connectivity index (χ4n) is 3.86. The molecule has 2 amide bonds. The molecule has 39 heavy (non-hydrogen) atoms. The van der Waals surface area contributed by atoms with E-state index < -0.39 is 34.3 Å². The molecule has 0 heterocycles. The third-order valence-corrected chi connectivity index (χ3v) is 8.19. The highest BCUT2D eigenvalue weighted by molar-refractivity contribution is 7.92. The second kappa shape index (κ2) is 13.2. The van der Waals surface area contributed by atoms with E-state index in [4.69, 9.17) is 4.74 Å². The van der Waals surface area contributed by atoms with Gasteiger partial charge in [-0.3, -0.25) is 13.9 Å². The van der Waals surface area contributed by atoms with E-state index in [1.54, 1.807) is 49.4 Å². The van der Waals surface area contributed by atoms with E-state index in [1.165, 1.54) is 42.3 Å². The minimum Gasteiger partial charge on any atom is -0.497 e. The normalized spacial score (nSPS) is 12.7. The third-order valence-electron chi connectivity index (χ3n) is 6.41. The Morgan fingerprint density at radius 1 is 0.949 bits per heavy atom. The van der Waals surface area contributed by atoms with Crippen LogP contribution in [0, 0.1) is 5.82 Å². The average molecular weight is 556 g/mol. The van der Waals surface area contributed by atoms with E-state index in [0.29, 0.717) is 17.7 Å². The van der Waals surface area contributed by atoms with Gasteiger partial charge in [0.15, 0.2) is 0 Å². The summed E-state index contributed by atoms with van der Waals surface area (Å²) in [7, 11) is -2.79. The second-order valence-electron chi connectivity index (χ2n) is 9.14. The lowest BCUT2D eigenvalue weighted by Gasteiger charge is -2.32. The van der Waals surface area contributed by atoms with Crippen LogP contribution in [0.1, 0.15) is 32.8 Å². The molecule has 0 aromatic heterocycles. The number of carbonyl (C=O) groups excluding carboxylic acids is 2. The lowest BCUT2D eigenvalue weighted by Crippen LogP contribution is -2.52. The molecule has 208 valence electrons. The fourth-order valence-corrected chi connectivity index (χ4v) is 5.31. The number of halogens is 1. The molecular formula is C29H34FN3O5S. The number of carbonyl (C=O) groups is 2. The Morgan fingerprint density at radius 3 is 2.15 bits per heavy atom. The number of ether oxygens (including phenoxy) is 1. The predicted molar refractivity (Wildman–Crippen MR) is 148 cm³/mol. The summed E-state index contributed by atoms with van der Waals surface area (Å²) in [5.41, 5.74) is 0.437. The van der Waals surface area contributed by atoms with Crippen molar-refractivity contribution in [2.24, 2.45) is 0 Å². The van der Waals surface area contributed by atoms with Crippen LogP contribution in [0.3, 0.4) is 0 Å². The smallest absolute Gasteiger partial charge is 0.264 e. The number of amides is 2. The van der Waals surface area contributed by atoms with Crippen LogP contribution in [-0.2, 0) is 26.2 Å². The van der Waals surface area contributed by atoms with Gasteiger partial charge in [-0.1, -0.05) is 49.4 Å². The summed E-state index contributed by atoms with van der Waals surface area (Å²) in [6.45, 7) is 4.67. The maximum Gasteiger partial charge on any atom is 0.264 e. The molecule has 2 atom stereocenters. The lowest BCUT2D eigenvalue weighted by atomic mass is 10.1. The predicted octanol–water partition coefficient (Wildman–Crippen LogP) is 4.36. The fraction of sp³-hybridized carbons (Fsp3) is 0.310. The topological polar surface area (TPSA) is 96.0 Å². The highest BCUT2D eigenvalue weighted by Crippen LogP contribution is 2.27. The highest BCUT2D eigenvalue weighted by Gasteiger charge is 2.33. The highest BCUT2D eigenvalue weighted by atomic mass is 32.2.